The molecule has 0 unspecified atom stereocenters. The van der Waals surface area contributed by atoms with Crippen LogP contribution < -0.4 is 11.1 Å². The Hall–Kier alpha value is -2.93. The number of thiazole rings is 1. The lowest BCUT2D eigenvalue weighted by atomic mass is 10.2. The Bertz CT molecular complexity index is 847. The summed E-state index contributed by atoms with van der Waals surface area (Å²) in [6, 6.07) is 10.5. The number of nitrogen functional groups attached to an aromatic ring is 1. The molecule has 4 N–H and O–H groups in total. The summed E-state index contributed by atoms with van der Waals surface area (Å²) in [4.78, 5) is 20.4. The van der Waals surface area contributed by atoms with E-state index < -0.39 is 0 Å². The topological polar surface area (TPSA) is 101 Å². The lowest BCUT2D eigenvalue weighted by Crippen LogP contribution is -2.15. The highest BCUT2D eigenvalue weighted by Gasteiger charge is 2.11. The van der Waals surface area contributed by atoms with Gasteiger partial charge in [-0.3, -0.25) is 4.79 Å². The largest absolute Gasteiger partial charge is 0.504 e. The van der Waals surface area contributed by atoms with Crippen molar-refractivity contribution in [2.75, 3.05) is 11.1 Å². The van der Waals surface area contributed by atoms with Gasteiger partial charge in [-0.15, -0.1) is 11.3 Å². The van der Waals surface area contributed by atoms with Gasteiger partial charge >= 0.3 is 0 Å². The van der Waals surface area contributed by atoms with Gasteiger partial charge in [0.2, 0.25) is 5.91 Å². The van der Waals surface area contributed by atoms with Crippen molar-refractivity contribution in [2.24, 2.45) is 0 Å². The quantitative estimate of drug-likeness (QED) is 0.640. The lowest BCUT2D eigenvalue weighted by molar-refractivity contribution is -0.115. The number of anilines is 2. The summed E-state index contributed by atoms with van der Waals surface area (Å²) in [5, 5.41) is 14.8. The third kappa shape index (κ3) is 3.64. The lowest BCUT2D eigenvalue weighted by Gasteiger charge is -2.04. The van der Waals surface area contributed by atoms with E-state index in [2.05, 4.69) is 15.3 Å². The number of nitrogens with one attached hydrogen (secondary N) is 1. The van der Waals surface area contributed by atoms with Gasteiger partial charge in [0.15, 0.2) is 11.6 Å². The number of aromatic hydroxyl groups is 1. The Morgan fingerprint density at radius 1 is 1.30 bits per heavy atom. The molecule has 1 aromatic carbocycles. The standard InChI is InChI=1S/C16H14N4O2S/c17-11-4-1-3-10(7-11)16-19-12(9-23-16)8-14(22)20-15-13(21)5-2-6-18-15/h1-7,9,21H,8,17H2,(H,18,20,22). The van der Waals surface area contributed by atoms with E-state index in [1.165, 1.54) is 23.6 Å². The second-order valence-corrected chi connectivity index (χ2v) is 5.72. The molecule has 3 rings (SSSR count). The molecule has 0 bridgehead atoms. The monoisotopic (exact) mass is 326 g/mol. The Balaban J connectivity index is 1.69. The molecule has 0 atom stereocenters. The zero-order valence-corrected chi connectivity index (χ0v) is 12.9. The first-order chi connectivity index (χ1) is 11.1. The number of rotatable bonds is 4. The van der Waals surface area contributed by atoms with E-state index in [-0.39, 0.29) is 23.9 Å². The normalized spacial score (nSPS) is 10.4. The molecule has 0 saturated heterocycles. The average molecular weight is 326 g/mol. The molecule has 0 spiro atoms. The van der Waals surface area contributed by atoms with Crippen LogP contribution in [0.2, 0.25) is 0 Å². The third-order valence-corrected chi connectivity index (χ3v) is 4.01. The van der Waals surface area contributed by atoms with Gasteiger partial charge in [0.25, 0.3) is 0 Å². The molecule has 0 aliphatic rings. The molecule has 3 aromatic rings. The Labute approximate surface area is 136 Å². The van der Waals surface area contributed by atoms with Crippen LogP contribution in [0.3, 0.4) is 0 Å². The number of nitrogens with zero attached hydrogens (tertiary/aromatic N) is 2. The van der Waals surface area contributed by atoms with E-state index in [1.807, 2.05) is 29.6 Å². The maximum absolute atomic E-state index is 12.0. The smallest absolute Gasteiger partial charge is 0.231 e. The molecule has 0 radical (unpaired) electrons. The van der Waals surface area contributed by atoms with Crippen LogP contribution in [0.4, 0.5) is 11.5 Å². The molecule has 0 aliphatic carbocycles. The van der Waals surface area contributed by atoms with Crippen molar-refractivity contribution in [3.05, 3.63) is 53.7 Å². The van der Waals surface area contributed by atoms with Crippen molar-refractivity contribution in [1.29, 1.82) is 0 Å². The Kier molecular flexibility index (Phi) is 4.20. The predicted octanol–water partition coefficient (Wildman–Crippen LogP) is 2.67. The van der Waals surface area contributed by atoms with Crippen molar-refractivity contribution < 1.29 is 9.90 Å². The maximum atomic E-state index is 12.0. The van der Waals surface area contributed by atoms with Crippen molar-refractivity contribution >= 4 is 28.7 Å². The summed E-state index contributed by atoms with van der Waals surface area (Å²) in [5.74, 6) is -0.216. The molecule has 23 heavy (non-hydrogen) atoms. The summed E-state index contributed by atoms with van der Waals surface area (Å²) in [6.07, 6.45) is 1.60. The minimum Gasteiger partial charge on any atom is -0.504 e. The van der Waals surface area contributed by atoms with Gasteiger partial charge in [-0.2, -0.15) is 0 Å². The van der Waals surface area contributed by atoms with Crippen LogP contribution in [0.5, 0.6) is 5.75 Å². The van der Waals surface area contributed by atoms with Crippen LogP contribution in [-0.2, 0) is 11.2 Å². The number of amides is 1. The summed E-state index contributed by atoms with van der Waals surface area (Å²) in [7, 11) is 0. The van der Waals surface area contributed by atoms with Gasteiger partial charge in [-0.05, 0) is 24.3 Å². The maximum Gasteiger partial charge on any atom is 0.231 e. The molecular formula is C16H14N4O2S. The third-order valence-electron chi connectivity index (χ3n) is 3.07. The number of pyridine rings is 1. The number of nitrogens with two attached hydrogens (primary N) is 1. The first-order valence-electron chi connectivity index (χ1n) is 6.86. The molecule has 0 saturated carbocycles. The number of benzene rings is 1. The second-order valence-electron chi connectivity index (χ2n) is 4.87. The van der Waals surface area contributed by atoms with E-state index in [0.29, 0.717) is 11.4 Å². The molecular weight excluding hydrogens is 312 g/mol. The zero-order valence-electron chi connectivity index (χ0n) is 12.1. The highest BCUT2D eigenvalue weighted by molar-refractivity contribution is 7.13. The number of hydrogen-bond acceptors (Lipinski definition) is 6. The van der Waals surface area contributed by atoms with Gasteiger partial charge in [0.05, 0.1) is 12.1 Å². The Morgan fingerprint density at radius 2 is 2.17 bits per heavy atom. The number of hydrogen-bond donors (Lipinski definition) is 3. The van der Waals surface area contributed by atoms with E-state index in [4.69, 9.17) is 5.73 Å². The molecule has 7 heteroatoms. The van der Waals surface area contributed by atoms with Crippen molar-refractivity contribution in [3.8, 4) is 16.3 Å². The summed E-state index contributed by atoms with van der Waals surface area (Å²) in [6.45, 7) is 0. The molecule has 0 aliphatic heterocycles. The van der Waals surface area contributed by atoms with Crippen molar-refractivity contribution in [1.82, 2.24) is 9.97 Å². The van der Waals surface area contributed by atoms with Crippen molar-refractivity contribution in [3.63, 3.8) is 0 Å². The predicted molar refractivity (Wildman–Crippen MR) is 90.2 cm³/mol. The minimum absolute atomic E-state index is 0.0698. The fourth-order valence-electron chi connectivity index (χ4n) is 2.03. The SMILES string of the molecule is Nc1cccc(-c2nc(CC(=O)Nc3ncccc3O)cs2)c1. The van der Waals surface area contributed by atoms with E-state index in [1.54, 1.807) is 6.07 Å². The number of carbonyl (C=O) groups excluding carboxylic acids is 1. The van der Waals surface area contributed by atoms with E-state index >= 15 is 0 Å². The van der Waals surface area contributed by atoms with E-state index in [9.17, 15) is 9.90 Å². The van der Waals surface area contributed by atoms with Crippen LogP contribution in [-0.4, -0.2) is 21.0 Å². The van der Waals surface area contributed by atoms with Gasteiger partial charge in [0, 0.05) is 22.8 Å². The van der Waals surface area contributed by atoms with Crippen LogP contribution in [0.15, 0.2) is 48.0 Å². The molecule has 2 aromatic heterocycles. The van der Waals surface area contributed by atoms with Gasteiger partial charge < -0.3 is 16.2 Å². The highest BCUT2D eigenvalue weighted by atomic mass is 32.1. The van der Waals surface area contributed by atoms with Crippen LogP contribution in [0.1, 0.15) is 5.69 Å². The van der Waals surface area contributed by atoms with Crippen molar-refractivity contribution in [2.45, 2.75) is 6.42 Å². The minimum atomic E-state index is -0.288. The van der Waals surface area contributed by atoms with Crippen LogP contribution in [0.25, 0.3) is 10.6 Å². The molecule has 6 nitrogen and oxygen atoms in total. The fraction of sp³-hybridized carbons (Fsp3) is 0.0625. The summed E-state index contributed by atoms with van der Waals surface area (Å²) >= 11 is 1.45. The summed E-state index contributed by atoms with van der Waals surface area (Å²) < 4.78 is 0. The van der Waals surface area contributed by atoms with Gasteiger partial charge in [-0.1, -0.05) is 12.1 Å². The molecule has 116 valence electrons. The second kappa shape index (κ2) is 6.45. The fourth-order valence-corrected chi connectivity index (χ4v) is 2.84. The van der Waals surface area contributed by atoms with Crippen LogP contribution in [0, 0.1) is 0 Å². The highest BCUT2D eigenvalue weighted by Crippen LogP contribution is 2.25. The van der Waals surface area contributed by atoms with Gasteiger partial charge in [-0.25, -0.2) is 9.97 Å². The molecule has 1 amide bonds. The molecule has 2 heterocycles. The van der Waals surface area contributed by atoms with E-state index in [0.717, 1.165) is 10.6 Å². The zero-order chi connectivity index (χ0) is 16.2. The summed E-state index contributed by atoms with van der Waals surface area (Å²) in [5.41, 5.74) is 8.01. The van der Waals surface area contributed by atoms with Crippen LogP contribution >= 0.6 is 11.3 Å². The average Bonchev–Trinajstić information content (AvgIpc) is 2.98. The first-order valence-corrected chi connectivity index (χ1v) is 7.74. The molecule has 0 fully saturated rings. The Morgan fingerprint density at radius 3 is 2.96 bits per heavy atom. The number of aromatic nitrogens is 2. The van der Waals surface area contributed by atoms with Gasteiger partial charge in [0.1, 0.15) is 5.01 Å². The number of carbonyl (C=O) groups is 1. The first kappa shape index (κ1) is 15.0.